The molecular weight excluding hydrogens is 205 g/mol. The molecule has 0 unspecified atom stereocenters. The predicted molar refractivity (Wildman–Crippen MR) is 57.4 cm³/mol. The Morgan fingerprint density at radius 1 is 1.50 bits per heavy atom. The summed E-state index contributed by atoms with van der Waals surface area (Å²) in [4.78, 5) is 0. The maximum atomic E-state index is 13.5. The number of ether oxygens (including phenoxy) is 1. The predicted octanol–water partition coefficient (Wildman–Crippen LogP) is 2.67. The molecule has 0 aliphatic heterocycles. The lowest BCUT2D eigenvalue weighted by Gasteiger charge is -2.12. The highest BCUT2D eigenvalue weighted by Crippen LogP contribution is 2.24. The summed E-state index contributed by atoms with van der Waals surface area (Å²) in [6.45, 7) is 1.92. The molecule has 0 aromatic heterocycles. The number of methoxy groups -OCH3 is 1. The average Bonchev–Trinajstić information content (AvgIpc) is 2.17. The van der Waals surface area contributed by atoms with Crippen molar-refractivity contribution >= 4 is 12.4 Å². The van der Waals surface area contributed by atoms with Gasteiger partial charge in [0.1, 0.15) is 0 Å². The summed E-state index contributed by atoms with van der Waals surface area (Å²) in [6.07, 6.45) is 0.712. The smallest absolute Gasteiger partial charge is 0.169 e. The maximum absolute atomic E-state index is 13.5. The van der Waals surface area contributed by atoms with Crippen LogP contribution in [0.25, 0.3) is 0 Å². The summed E-state index contributed by atoms with van der Waals surface area (Å²) in [5.41, 5.74) is 6.24. The number of halogens is 2. The summed E-state index contributed by atoms with van der Waals surface area (Å²) in [5.74, 6) is -0.0965. The Morgan fingerprint density at radius 2 is 2.14 bits per heavy atom. The second-order valence-electron chi connectivity index (χ2n) is 2.88. The molecule has 1 aromatic carbocycles. The van der Waals surface area contributed by atoms with Gasteiger partial charge in [0.15, 0.2) is 11.6 Å². The third kappa shape index (κ3) is 2.59. The Kier molecular flexibility index (Phi) is 5.50. The summed E-state index contributed by atoms with van der Waals surface area (Å²) >= 11 is 0. The van der Waals surface area contributed by atoms with Crippen LogP contribution in [-0.2, 0) is 0 Å². The van der Waals surface area contributed by atoms with E-state index in [1.54, 1.807) is 18.2 Å². The van der Waals surface area contributed by atoms with Gasteiger partial charge in [0.2, 0.25) is 0 Å². The van der Waals surface area contributed by atoms with E-state index in [0.717, 1.165) is 0 Å². The van der Waals surface area contributed by atoms with Crippen molar-refractivity contribution in [1.29, 1.82) is 0 Å². The third-order valence-electron chi connectivity index (χ3n) is 2.05. The minimum Gasteiger partial charge on any atom is -0.494 e. The van der Waals surface area contributed by atoms with Gasteiger partial charge in [-0.25, -0.2) is 4.39 Å². The molecule has 80 valence electrons. The Balaban J connectivity index is 0.00000169. The van der Waals surface area contributed by atoms with Crippen LogP contribution in [0.2, 0.25) is 0 Å². The second kappa shape index (κ2) is 5.83. The Labute approximate surface area is 89.7 Å². The monoisotopic (exact) mass is 219 g/mol. The standard InChI is InChI=1S/C10H14FNO.ClH/c1-3-8(12)7-5-4-6-9(13-2)10(7)11;/h4-6,8H,3,12H2,1-2H3;1H/t8-;/m1./s1. The van der Waals surface area contributed by atoms with Crippen LogP contribution in [0.4, 0.5) is 4.39 Å². The van der Waals surface area contributed by atoms with Gasteiger partial charge in [0, 0.05) is 11.6 Å². The molecular formula is C10H15ClFNO. The molecule has 0 aliphatic carbocycles. The van der Waals surface area contributed by atoms with Gasteiger partial charge in [0.05, 0.1) is 7.11 Å². The van der Waals surface area contributed by atoms with E-state index in [1.807, 2.05) is 6.92 Å². The van der Waals surface area contributed by atoms with Gasteiger partial charge in [-0.1, -0.05) is 19.1 Å². The molecule has 0 fully saturated rings. The van der Waals surface area contributed by atoms with Gasteiger partial charge in [-0.2, -0.15) is 0 Å². The lowest BCUT2D eigenvalue weighted by atomic mass is 10.0. The molecule has 0 aliphatic rings. The van der Waals surface area contributed by atoms with Crippen molar-refractivity contribution in [2.75, 3.05) is 7.11 Å². The Bertz CT molecular complexity index is 293. The lowest BCUT2D eigenvalue weighted by Crippen LogP contribution is -2.11. The molecule has 1 rings (SSSR count). The summed E-state index contributed by atoms with van der Waals surface area (Å²) in [7, 11) is 1.44. The largest absolute Gasteiger partial charge is 0.494 e. The Hall–Kier alpha value is -0.800. The molecule has 0 saturated heterocycles. The first-order valence-electron chi connectivity index (χ1n) is 4.28. The van der Waals surface area contributed by atoms with Crippen LogP contribution in [0.3, 0.4) is 0 Å². The zero-order chi connectivity index (χ0) is 9.84. The fourth-order valence-electron chi connectivity index (χ4n) is 1.19. The van der Waals surface area contributed by atoms with Crippen molar-refractivity contribution in [1.82, 2.24) is 0 Å². The molecule has 1 atom stereocenters. The molecule has 1 aromatic rings. The highest BCUT2D eigenvalue weighted by atomic mass is 35.5. The van der Waals surface area contributed by atoms with Crippen LogP contribution >= 0.6 is 12.4 Å². The molecule has 0 saturated carbocycles. The zero-order valence-corrected chi connectivity index (χ0v) is 9.10. The number of rotatable bonds is 3. The van der Waals surface area contributed by atoms with Gasteiger partial charge < -0.3 is 10.5 Å². The fraction of sp³-hybridized carbons (Fsp3) is 0.400. The number of nitrogens with two attached hydrogens (primary N) is 1. The number of benzene rings is 1. The van der Waals surface area contributed by atoms with E-state index in [2.05, 4.69) is 0 Å². The van der Waals surface area contributed by atoms with Gasteiger partial charge in [-0.3, -0.25) is 0 Å². The first-order chi connectivity index (χ1) is 6.20. The van der Waals surface area contributed by atoms with E-state index in [1.165, 1.54) is 7.11 Å². The first kappa shape index (κ1) is 13.2. The normalized spacial score (nSPS) is 11.7. The highest BCUT2D eigenvalue weighted by molar-refractivity contribution is 5.85. The topological polar surface area (TPSA) is 35.2 Å². The fourth-order valence-corrected chi connectivity index (χ4v) is 1.19. The highest BCUT2D eigenvalue weighted by Gasteiger charge is 2.12. The second-order valence-corrected chi connectivity index (χ2v) is 2.88. The van der Waals surface area contributed by atoms with Crippen LogP contribution in [0, 0.1) is 5.82 Å². The Morgan fingerprint density at radius 3 is 2.64 bits per heavy atom. The van der Waals surface area contributed by atoms with Gasteiger partial charge >= 0.3 is 0 Å². The molecule has 0 heterocycles. The van der Waals surface area contributed by atoms with E-state index >= 15 is 0 Å². The van der Waals surface area contributed by atoms with Crippen molar-refractivity contribution in [2.45, 2.75) is 19.4 Å². The molecule has 4 heteroatoms. The summed E-state index contributed by atoms with van der Waals surface area (Å²) in [5, 5.41) is 0. The molecule has 2 N–H and O–H groups in total. The van der Waals surface area contributed by atoms with Crippen molar-refractivity contribution in [3.63, 3.8) is 0 Å². The van der Waals surface area contributed by atoms with E-state index in [0.29, 0.717) is 12.0 Å². The van der Waals surface area contributed by atoms with E-state index in [4.69, 9.17) is 10.5 Å². The molecule has 0 amide bonds. The quantitative estimate of drug-likeness (QED) is 0.849. The average molecular weight is 220 g/mol. The van der Waals surface area contributed by atoms with Crippen LogP contribution in [0.5, 0.6) is 5.75 Å². The van der Waals surface area contributed by atoms with Crippen molar-refractivity contribution in [3.8, 4) is 5.75 Å². The zero-order valence-electron chi connectivity index (χ0n) is 8.29. The van der Waals surface area contributed by atoms with Crippen LogP contribution < -0.4 is 10.5 Å². The molecule has 0 radical (unpaired) electrons. The lowest BCUT2D eigenvalue weighted by molar-refractivity contribution is 0.382. The van der Waals surface area contributed by atoms with Gasteiger partial charge in [-0.15, -0.1) is 12.4 Å². The van der Waals surface area contributed by atoms with E-state index in [-0.39, 0.29) is 30.0 Å². The van der Waals surface area contributed by atoms with Gasteiger partial charge in [0.25, 0.3) is 0 Å². The summed E-state index contributed by atoms with van der Waals surface area (Å²) in [6, 6.07) is 4.76. The molecule has 0 spiro atoms. The first-order valence-corrected chi connectivity index (χ1v) is 4.28. The van der Waals surface area contributed by atoms with E-state index in [9.17, 15) is 4.39 Å². The molecule has 14 heavy (non-hydrogen) atoms. The van der Waals surface area contributed by atoms with Crippen molar-refractivity contribution < 1.29 is 9.13 Å². The van der Waals surface area contributed by atoms with Crippen LogP contribution in [-0.4, -0.2) is 7.11 Å². The number of hydrogen-bond acceptors (Lipinski definition) is 2. The third-order valence-corrected chi connectivity index (χ3v) is 2.05. The van der Waals surface area contributed by atoms with Crippen LogP contribution in [0.1, 0.15) is 24.9 Å². The van der Waals surface area contributed by atoms with E-state index < -0.39 is 0 Å². The van der Waals surface area contributed by atoms with Crippen molar-refractivity contribution in [2.24, 2.45) is 5.73 Å². The van der Waals surface area contributed by atoms with Crippen molar-refractivity contribution in [3.05, 3.63) is 29.6 Å². The van der Waals surface area contributed by atoms with Gasteiger partial charge in [-0.05, 0) is 12.5 Å². The SMILES string of the molecule is CC[C@@H](N)c1cccc(OC)c1F.Cl. The summed E-state index contributed by atoms with van der Waals surface area (Å²) < 4.78 is 18.4. The maximum Gasteiger partial charge on any atom is 0.169 e. The number of hydrogen-bond donors (Lipinski definition) is 1. The van der Waals surface area contributed by atoms with Crippen LogP contribution in [0.15, 0.2) is 18.2 Å². The minimum atomic E-state index is -0.348. The molecule has 2 nitrogen and oxygen atoms in total. The molecule has 0 bridgehead atoms. The minimum absolute atomic E-state index is 0.